The molecule has 1 atom stereocenters. The molecule has 178 valence electrons. The van der Waals surface area contributed by atoms with E-state index in [1.54, 1.807) is 25.1 Å². The lowest BCUT2D eigenvalue weighted by atomic mass is 10.1. The summed E-state index contributed by atoms with van der Waals surface area (Å²) < 4.78 is 44.7. The molecule has 0 bridgehead atoms. The molecule has 0 saturated carbocycles. The van der Waals surface area contributed by atoms with Gasteiger partial charge in [-0.25, -0.2) is 8.42 Å². The quantitative estimate of drug-likeness (QED) is 0.486. The summed E-state index contributed by atoms with van der Waals surface area (Å²) in [5, 5.41) is 2.83. The molecule has 1 aliphatic heterocycles. The summed E-state index contributed by atoms with van der Waals surface area (Å²) in [5.41, 5.74) is 2.32. The molecule has 3 aromatic rings. The van der Waals surface area contributed by atoms with Crippen molar-refractivity contribution in [3.8, 4) is 17.2 Å². The van der Waals surface area contributed by atoms with E-state index >= 15 is 0 Å². The molecule has 1 amide bonds. The first-order valence-corrected chi connectivity index (χ1v) is 12.2. The summed E-state index contributed by atoms with van der Waals surface area (Å²) in [4.78, 5) is 13.2. The molecule has 0 aromatic heterocycles. The summed E-state index contributed by atoms with van der Waals surface area (Å²) >= 11 is 0. The molecule has 2 N–H and O–H groups in total. The molecular formula is C25H26N2O6S. The van der Waals surface area contributed by atoms with Crippen molar-refractivity contribution in [3.63, 3.8) is 0 Å². The Hall–Kier alpha value is -3.56. The molecular weight excluding hydrogens is 456 g/mol. The highest BCUT2D eigenvalue weighted by molar-refractivity contribution is 7.89. The first-order valence-electron chi connectivity index (χ1n) is 10.7. The minimum absolute atomic E-state index is 0.0624. The molecule has 1 aliphatic rings. The fourth-order valence-corrected chi connectivity index (χ4v) is 4.95. The molecule has 4 rings (SSSR count). The van der Waals surface area contributed by atoms with E-state index < -0.39 is 22.0 Å². The number of rotatable bonds is 9. The average Bonchev–Trinajstić information content (AvgIpc) is 3.30. The predicted molar refractivity (Wildman–Crippen MR) is 126 cm³/mol. The molecule has 0 radical (unpaired) electrons. The second-order valence-electron chi connectivity index (χ2n) is 7.90. The maximum Gasteiger partial charge on any atom is 0.241 e. The van der Waals surface area contributed by atoms with Gasteiger partial charge in [0.2, 0.25) is 22.7 Å². The van der Waals surface area contributed by atoms with Crippen LogP contribution in [0.15, 0.2) is 71.6 Å². The number of carbonyl (C=O) groups excluding carboxylic acids is 1. The first-order chi connectivity index (χ1) is 16.4. The number of carbonyl (C=O) groups is 1. The largest absolute Gasteiger partial charge is 0.496 e. The number of hydrogen-bond donors (Lipinski definition) is 2. The van der Waals surface area contributed by atoms with Crippen LogP contribution in [-0.2, 0) is 27.8 Å². The number of hydrogen-bond acceptors (Lipinski definition) is 6. The first kappa shape index (κ1) is 23.6. The second kappa shape index (κ2) is 10.1. The monoisotopic (exact) mass is 482 g/mol. The van der Waals surface area contributed by atoms with Gasteiger partial charge in [0.1, 0.15) is 11.8 Å². The molecule has 9 heteroatoms. The number of sulfonamides is 1. The van der Waals surface area contributed by atoms with E-state index in [1.807, 2.05) is 36.4 Å². The van der Waals surface area contributed by atoms with Gasteiger partial charge in [0, 0.05) is 6.54 Å². The standard InChI is InChI=1S/C25H26N2O6S/c1-17-12-20(9-11-22(17)31-2)34(29,30)27-21(13-18-6-4-3-5-7-18)25(28)26-15-19-8-10-23-24(14-19)33-16-32-23/h3-12,14,21,27H,13,15-16H2,1-2H3,(H,26,28). The van der Waals surface area contributed by atoms with Gasteiger partial charge in [-0.15, -0.1) is 0 Å². The molecule has 0 fully saturated rings. The van der Waals surface area contributed by atoms with Crippen LogP contribution < -0.4 is 24.2 Å². The number of ether oxygens (including phenoxy) is 3. The van der Waals surface area contributed by atoms with Crippen LogP contribution in [0.4, 0.5) is 0 Å². The third kappa shape index (κ3) is 5.49. The fraction of sp³-hybridized carbons (Fsp3) is 0.240. The molecule has 1 heterocycles. The van der Waals surface area contributed by atoms with E-state index in [-0.39, 0.29) is 24.7 Å². The van der Waals surface area contributed by atoms with Crippen molar-refractivity contribution in [2.45, 2.75) is 30.8 Å². The summed E-state index contributed by atoms with van der Waals surface area (Å²) in [7, 11) is -2.44. The Morgan fingerprint density at radius 3 is 2.50 bits per heavy atom. The van der Waals surface area contributed by atoms with Gasteiger partial charge < -0.3 is 19.5 Å². The molecule has 0 saturated heterocycles. The van der Waals surface area contributed by atoms with Gasteiger partial charge in [-0.1, -0.05) is 36.4 Å². The molecule has 34 heavy (non-hydrogen) atoms. The zero-order valence-electron chi connectivity index (χ0n) is 18.9. The van der Waals surface area contributed by atoms with Gasteiger partial charge >= 0.3 is 0 Å². The van der Waals surface area contributed by atoms with Crippen molar-refractivity contribution >= 4 is 15.9 Å². The van der Waals surface area contributed by atoms with Crippen LogP contribution in [0.3, 0.4) is 0 Å². The topological polar surface area (TPSA) is 103 Å². The minimum atomic E-state index is -3.97. The van der Waals surface area contributed by atoms with Crippen LogP contribution in [0.25, 0.3) is 0 Å². The van der Waals surface area contributed by atoms with Crippen LogP contribution in [0.1, 0.15) is 16.7 Å². The lowest BCUT2D eigenvalue weighted by Crippen LogP contribution is -2.47. The molecule has 0 aliphatic carbocycles. The number of aryl methyl sites for hydroxylation is 1. The lowest BCUT2D eigenvalue weighted by Gasteiger charge is -2.19. The van der Waals surface area contributed by atoms with Crippen molar-refractivity contribution in [2.24, 2.45) is 0 Å². The Morgan fingerprint density at radius 2 is 1.76 bits per heavy atom. The van der Waals surface area contributed by atoms with E-state index in [4.69, 9.17) is 14.2 Å². The maximum atomic E-state index is 13.1. The zero-order chi connectivity index (χ0) is 24.1. The van der Waals surface area contributed by atoms with Crippen molar-refractivity contribution in [1.29, 1.82) is 0 Å². The number of amides is 1. The maximum absolute atomic E-state index is 13.1. The molecule has 0 spiro atoms. The molecule has 3 aromatic carbocycles. The summed E-state index contributed by atoms with van der Waals surface area (Å²) in [5.74, 6) is 1.42. The summed E-state index contributed by atoms with van der Waals surface area (Å²) in [6.07, 6.45) is 0.197. The van der Waals surface area contributed by atoms with Gasteiger partial charge in [0.25, 0.3) is 0 Å². The smallest absolute Gasteiger partial charge is 0.241 e. The second-order valence-corrected chi connectivity index (χ2v) is 9.61. The third-order valence-electron chi connectivity index (χ3n) is 5.48. The van der Waals surface area contributed by atoms with E-state index in [0.717, 1.165) is 11.1 Å². The Labute approximate surface area is 198 Å². The van der Waals surface area contributed by atoms with Gasteiger partial charge in [-0.05, 0) is 60.4 Å². The minimum Gasteiger partial charge on any atom is -0.496 e. The Balaban J connectivity index is 1.52. The third-order valence-corrected chi connectivity index (χ3v) is 6.95. The van der Waals surface area contributed by atoms with Crippen LogP contribution in [0.5, 0.6) is 17.2 Å². The van der Waals surface area contributed by atoms with Gasteiger partial charge in [0.05, 0.1) is 12.0 Å². The molecule has 8 nitrogen and oxygen atoms in total. The number of nitrogens with one attached hydrogen (secondary N) is 2. The van der Waals surface area contributed by atoms with Crippen molar-refractivity contribution in [1.82, 2.24) is 10.0 Å². The van der Waals surface area contributed by atoms with Crippen LogP contribution in [0.2, 0.25) is 0 Å². The zero-order valence-corrected chi connectivity index (χ0v) is 19.7. The Bertz CT molecular complexity index is 1280. The predicted octanol–water partition coefficient (Wildman–Crippen LogP) is 2.94. The van der Waals surface area contributed by atoms with E-state index in [9.17, 15) is 13.2 Å². The summed E-state index contributed by atoms with van der Waals surface area (Å²) in [6, 6.07) is 18.2. The highest BCUT2D eigenvalue weighted by Crippen LogP contribution is 2.32. The van der Waals surface area contributed by atoms with Gasteiger partial charge in [-0.2, -0.15) is 4.72 Å². The van der Waals surface area contributed by atoms with Gasteiger partial charge in [-0.3, -0.25) is 4.79 Å². The number of benzene rings is 3. The van der Waals surface area contributed by atoms with E-state index in [2.05, 4.69) is 10.0 Å². The van der Waals surface area contributed by atoms with Crippen LogP contribution in [-0.4, -0.2) is 34.3 Å². The van der Waals surface area contributed by atoms with Crippen LogP contribution >= 0.6 is 0 Å². The van der Waals surface area contributed by atoms with E-state index in [0.29, 0.717) is 22.8 Å². The average molecular weight is 483 g/mol. The Kier molecular flexibility index (Phi) is 7.04. The van der Waals surface area contributed by atoms with Crippen LogP contribution in [0, 0.1) is 6.92 Å². The van der Waals surface area contributed by atoms with Crippen molar-refractivity contribution in [3.05, 3.63) is 83.4 Å². The van der Waals surface area contributed by atoms with Gasteiger partial charge in [0.15, 0.2) is 11.5 Å². The van der Waals surface area contributed by atoms with Crippen molar-refractivity contribution in [2.75, 3.05) is 13.9 Å². The summed E-state index contributed by atoms with van der Waals surface area (Å²) in [6.45, 7) is 2.14. The number of methoxy groups -OCH3 is 1. The lowest BCUT2D eigenvalue weighted by molar-refractivity contribution is -0.122. The SMILES string of the molecule is COc1ccc(S(=O)(=O)NC(Cc2ccccc2)C(=O)NCc2ccc3c(c2)OCO3)cc1C. The highest BCUT2D eigenvalue weighted by atomic mass is 32.2. The normalized spacial score (nSPS) is 13.4. The Morgan fingerprint density at radius 1 is 1.00 bits per heavy atom. The number of fused-ring (bicyclic) bond motifs is 1. The fourth-order valence-electron chi connectivity index (χ4n) is 3.67. The highest BCUT2D eigenvalue weighted by Gasteiger charge is 2.26. The van der Waals surface area contributed by atoms with Crippen molar-refractivity contribution < 1.29 is 27.4 Å². The van der Waals surface area contributed by atoms with E-state index in [1.165, 1.54) is 19.2 Å². The molecule has 1 unspecified atom stereocenters.